The molecule has 6 nitrogen and oxygen atoms in total. The van der Waals surface area contributed by atoms with Crippen LogP contribution in [0.2, 0.25) is 0 Å². The van der Waals surface area contributed by atoms with E-state index in [-0.39, 0.29) is 0 Å². The fourth-order valence-electron chi connectivity index (χ4n) is 1.48. The smallest absolute Gasteiger partial charge is 0.144 e. The Balaban J connectivity index is 4.77. The second-order valence-electron chi connectivity index (χ2n) is 4.44. The van der Waals surface area contributed by atoms with Gasteiger partial charge in [0.1, 0.15) is 30.5 Å². The van der Waals surface area contributed by atoms with Crippen molar-refractivity contribution in [2.24, 2.45) is 0 Å². The summed E-state index contributed by atoms with van der Waals surface area (Å²) in [7, 11) is 0. The van der Waals surface area contributed by atoms with Crippen LogP contribution in [0.15, 0.2) is 24.5 Å². The summed E-state index contributed by atoms with van der Waals surface area (Å²) < 4.78 is 5.30. The number of ether oxygens (including phenoxy) is 1. The number of rotatable bonds is 10. The van der Waals surface area contributed by atoms with Crippen LogP contribution < -0.4 is 0 Å². The predicted molar refractivity (Wildman–Crippen MR) is 74.8 cm³/mol. The highest BCUT2D eigenvalue weighted by Crippen LogP contribution is 2.13. The highest BCUT2D eigenvalue weighted by molar-refractivity contribution is 4.98. The van der Waals surface area contributed by atoms with Gasteiger partial charge in [-0.2, -0.15) is 0 Å². The zero-order chi connectivity index (χ0) is 15.5. The molecule has 0 amide bonds. The number of hydrogen-bond donors (Lipinski definition) is 5. The zero-order valence-electron chi connectivity index (χ0n) is 12.0. The third-order valence-corrected chi connectivity index (χ3v) is 2.75. The summed E-state index contributed by atoms with van der Waals surface area (Å²) >= 11 is 0. The first kappa shape index (κ1) is 19.1. The molecule has 118 valence electrons. The fourth-order valence-corrected chi connectivity index (χ4v) is 1.48. The molecule has 0 saturated heterocycles. The quantitative estimate of drug-likeness (QED) is 0.279. The molecule has 0 spiro atoms. The van der Waals surface area contributed by atoms with Crippen LogP contribution in [0.1, 0.15) is 26.7 Å². The van der Waals surface area contributed by atoms with E-state index >= 15 is 0 Å². The molecule has 5 unspecified atom stereocenters. The van der Waals surface area contributed by atoms with Gasteiger partial charge in [0.15, 0.2) is 0 Å². The van der Waals surface area contributed by atoms with Gasteiger partial charge in [-0.05, 0) is 18.9 Å². The number of hydrogen-bond acceptors (Lipinski definition) is 6. The van der Waals surface area contributed by atoms with E-state index in [1.54, 1.807) is 18.2 Å². The lowest BCUT2D eigenvalue weighted by Crippen LogP contribution is -2.49. The summed E-state index contributed by atoms with van der Waals surface area (Å²) in [4.78, 5) is 0. The fraction of sp³-hybridized carbons (Fsp3) is 0.714. The number of aliphatic hydroxyl groups is 5. The van der Waals surface area contributed by atoms with E-state index in [1.807, 2.05) is 13.8 Å². The third-order valence-electron chi connectivity index (χ3n) is 2.75. The third kappa shape index (κ3) is 6.49. The van der Waals surface area contributed by atoms with E-state index in [2.05, 4.69) is 0 Å². The molecule has 0 heterocycles. The van der Waals surface area contributed by atoms with Crippen LogP contribution in [0.5, 0.6) is 0 Å². The van der Waals surface area contributed by atoms with Crippen molar-refractivity contribution in [1.82, 2.24) is 0 Å². The van der Waals surface area contributed by atoms with Crippen molar-refractivity contribution >= 4 is 0 Å². The molecule has 5 N–H and O–H groups in total. The molecule has 6 heteroatoms. The summed E-state index contributed by atoms with van der Waals surface area (Å²) in [5, 5.41) is 47.4. The van der Waals surface area contributed by atoms with Crippen molar-refractivity contribution < 1.29 is 30.3 Å². The highest BCUT2D eigenvalue weighted by atomic mass is 16.5. The predicted octanol–water partition coefficient (Wildman–Crippen LogP) is -0.303. The van der Waals surface area contributed by atoms with Gasteiger partial charge in [0, 0.05) is 0 Å². The maximum atomic E-state index is 10.0. The van der Waals surface area contributed by atoms with E-state index in [9.17, 15) is 20.4 Å². The number of allylic oxidation sites excluding steroid dienone is 2. The summed E-state index contributed by atoms with van der Waals surface area (Å²) in [5.41, 5.74) is 0. The van der Waals surface area contributed by atoms with Gasteiger partial charge in [-0.1, -0.05) is 26.0 Å². The molecule has 0 fully saturated rings. The molecular formula is C14H26O6. The SMILES string of the molecule is CCC=COC(C=CCC)C(O)C(O)C(O)C(O)CO. The van der Waals surface area contributed by atoms with Crippen molar-refractivity contribution in [3.8, 4) is 0 Å². The summed E-state index contributed by atoms with van der Waals surface area (Å²) in [5.74, 6) is 0. The monoisotopic (exact) mass is 290 g/mol. The molecule has 0 aliphatic carbocycles. The van der Waals surface area contributed by atoms with Gasteiger partial charge in [0.05, 0.1) is 12.9 Å². The molecule has 20 heavy (non-hydrogen) atoms. The van der Waals surface area contributed by atoms with Crippen LogP contribution in [-0.2, 0) is 4.74 Å². The Morgan fingerprint density at radius 2 is 1.50 bits per heavy atom. The second-order valence-corrected chi connectivity index (χ2v) is 4.44. The summed E-state index contributed by atoms with van der Waals surface area (Å²) in [6.07, 6.45) is 0.855. The second kappa shape index (κ2) is 10.8. The van der Waals surface area contributed by atoms with E-state index in [0.29, 0.717) is 0 Å². The van der Waals surface area contributed by atoms with Crippen molar-refractivity contribution in [2.45, 2.75) is 57.2 Å². The molecule has 0 saturated carbocycles. The Morgan fingerprint density at radius 1 is 0.900 bits per heavy atom. The van der Waals surface area contributed by atoms with Gasteiger partial charge in [-0.25, -0.2) is 0 Å². The number of aliphatic hydroxyl groups excluding tert-OH is 5. The lowest BCUT2D eigenvalue weighted by Gasteiger charge is -2.29. The lowest BCUT2D eigenvalue weighted by atomic mass is 9.99. The van der Waals surface area contributed by atoms with Crippen molar-refractivity contribution in [3.05, 3.63) is 24.5 Å². The molecule has 0 radical (unpaired) electrons. The Hall–Kier alpha value is -0.920. The normalized spacial score (nSPS) is 19.9. The van der Waals surface area contributed by atoms with Gasteiger partial charge in [0.25, 0.3) is 0 Å². The first-order valence-corrected chi connectivity index (χ1v) is 6.79. The van der Waals surface area contributed by atoms with Crippen molar-refractivity contribution in [1.29, 1.82) is 0 Å². The summed E-state index contributed by atoms with van der Waals surface area (Å²) in [6.45, 7) is 3.11. The molecule has 0 rings (SSSR count). The van der Waals surface area contributed by atoms with E-state index < -0.39 is 37.1 Å². The minimum atomic E-state index is -1.66. The zero-order valence-corrected chi connectivity index (χ0v) is 12.0. The molecule has 0 aromatic rings. The molecular weight excluding hydrogens is 264 g/mol. The maximum Gasteiger partial charge on any atom is 0.144 e. The van der Waals surface area contributed by atoms with Crippen LogP contribution in [0.3, 0.4) is 0 Å². The Kier molecular flexibility index (Phi) is 10.3. The summed E-state index contributed by atoms with van der Waals surface area (Å²) in [6, 6.07) is 0. The average molecular weight is 290 g/mol. The lowest BCUT2D eigenvalue weighted by molar-refractivity contribution is -0.134. The van der Waals surface area contributed by atoms with Crippen molar-refractivity contribution in [2.75, 3.05) is 6.61 Å². The van der Waals surface area contributed by atoms with Gasteiger partial charge in [0.2, 0.25) is 0 Å². The minimum absolute atomic E-state index is 0.711. The molecule has 0 bridgehead atoms. The molecule has 5 atom stereocenters. The average Bonchev–Trinajstić information content (AvgIpc) is 2.47. The molecule has 0 aliphatic heterocycles. The highest BCUT2D eigenvalue weighted by Gasteiger charge is 2.34. The first-order valence-electron chi connectivity index (χ1n) is 6.79. The topological polar surface area (TPSA) is 110 Å². The standard InChI is InChI=1S/C14H26O6/c1-3-5-7-11(20-8-6-4-2)13(18)14(19)12(17)10(16)9-15/h5-8,10-19H,3-4,9H2,1-2H3. The van der Waals surface area contributed by atoms with Crippen LogP contribution in [0.25, 0.3) is 0 Å². The largest absolute Gasteiger partial charge is 0.491 e. The Bertz CT molecular complexity index is 291. The molecule has 0 aromatic heterocycles. The first-order chi connectivity index (χ1) is 9.49. The molecule has 0 aromatic carbocycles. The van der Waals surface area contributed by atoms with E-state index in [1.165, 1.54) is 6.26 Å². The van der Waals surface area contributed by atoms with Gasteiger partial charge < -0.3 is 30.3 Å². The minimum Gasteiger partial charge on any atom is -0.491 e. The van der Waals surface area contributed by atoms with Gasteiger partial charge >= 0.3 is 0 Å². The van der Waals surface area contributed by atoms with Gasteiger partial charge in [-0.15, -0.1) is 0 Å². The Labute approximate surface area is 119 Å². The Morgan fingerprint density at radius 3 is 2.00 bits per heavy atom. The van der Waals surface area contributed by atoms with Crippen LogP contribution in [-0.4, -0.2) is 62.7 Å². The van der Waals surface area contributed by atoms with Crippen LogP contribution in [0, 0.1) is 0 Å². The van der Waals surface area contributed by atoms with Crippen molar-refractivity contribution in [3.63, 3.8) is 0 Å². The van der Waals surface area contributed by atoms with Crippen LogP contribution in [0.4, 0.5) is 0 Å². The van der Waals surface area contributed by atoms with Gasteiger partial charge in [-0.3, -0.25) is 0 Å². The van der Waals surface area contributed by atoms with Crippen LogP contribution >= 0.6 is 0 Å². The maximum absolute atomic E-state index is 10.0. The van der Waals surface area contributed by atoms with E-state index in [4.69, 9.17) is 9.84 Å². The van der Waals surface area contributed by atoms with E-state index in [0.717, 1.165) is 12.8 Å². The molecule has 0 aliphatic rings.